The number of anilines is 2. The van der Waals surface area contributed by atoms with Gasteiger partial charge in [-0.15, -0.1) is 0 Å². The second-order valence-corrected chi connectivity index (χ2v) is 11.1. The molecule has 2 aromatic carbocycles. The van der Waals surface area contributed by atoms with E-state index in [-0.39, 0.29) is 4.90 Å². The zero-order chi connectivity index (χ0) is 19.8. The number of hydrogen-bond donors (Lipinski definition) is 1. The number of hydrogen-bond acceptors (Lipinski definition) is 4. The molecular weight excluding hydrogens is 384 g/mol. The topological polar surface area (TPSA) is 83.6 Å². The minimum Gasteiger partial charge on any atom is -0.283 e. The maximum absolute atomic E-state index is 13.2. The maximum Gasteiger partial charge on any atom is 0.264 e. The lowest BCUT2D eigenvalue weighted by atomic mass is 10.0. The van der Waals surface area contributed by atoms with Gasteiger partial charge in [0.1, 0.15) is 0 Å². The average molecular weight is 409 g/mol. The van der Waals surface area contributed by atoms with E-state index in [4.69, 9.17) is 0 Å². The van der Waals surface area contributed by atoms with E-state index in [1.807, 2.05) is 6.92 Å². The van der Waals surface area contributed by atoms with Gasteiger partial charge >= 0.3 is 0 Å². The Morgan fingerprint density at radius 1 is 1.00 bits per heavy atom. The third-order valence-electron chi connectivity index (χ3n) is 4.65. The second kappa shape index (κ2) is 7.16. The van der Waals surface area contributed by atoms with E-state index >= 15 is 0 Å². The summed E-state index contributed by atoms with van der Waals surface area (Å²) in [4.78, 5) is 0.231. The molecule has 0 spiro atoms. The summed E-state index contributed by atoms with van der Waals surface area (Å²) in [5, 5.41) is -0.582. The van der Waals surface area contributed by atoms with Crippen molar-refractivity contribution in [3.8, 4) is 0 Å². The van der Waals surface area contributed by atoms with Gasteiger partial charge in [-0.25, -0.2) is 16.8 Å². The highest BCUT2D eigenvalue weighted by Gasteiger charge is 2.29. The van der Waals surface area contributed by atoms with Gasteiger partial charge in [0.2, 0.25) is 10.0 Å². The summed E-state index contributed by atoms with van der Waals surface area (Å²) in [7, 11) is -7.22. The van der Waals surface area contributed by atoms with Gasteiger partial charge < -0.3 is 0 Å². The molecule has 1 aliphatic heterocycles. The molecule has 3 rings (SSSR count). The molecule has 8 heteroatoms. The first kappa shape index (κ1) is 19.7. The smallest absolute Gasteiger partial charge is 0.264 e. The summed E-state index contributed by atoms with van der Waals surface area (Å²) in [5.41, 5.74) is 2.78. The molecule has 6 nitrogen and oxygen atoms in total. The Morgan fingerprint density at radius 3 is 2.30 bits per heavy atom. The standard InChI is InChI=1S/C19H24N2O4S2/c1-14(2)26(22,23)20-17-9-8-16-5-4-12-21(19(16)13-17)27(24,25)18-10-6-15(3)7-11-18/h6-11,13-14,20H,4-5,12H2,1-3H3. The molecule has 146 valence electrons. The highest BCUT2D eigenvalue weighted by atomic mass is 32.2. The van der Waals surface area contributed by atoms with Gasteiger partial charge in [0.25, 0.3) is 10.0 Å². The summed E-state index contributed by atoms with van der Waals surface area (Å²) in [6, 6.07) is 11.8. The monoisotopic (exact) mass is 408 g/mol. The van der Waals surface area contributed by atoms with Crippen LogP contribution in [0, 0.1) is 6.92 Å². The predicted molar refractivity (Wildman–Crippen MR) is 108 cm³/mol. The molecule has 0 saturated heterocycles. The average Bonchev–Trinajstić information content (AvgIpc) is 2.61. The van der Waals surface area contributed by atoms with Crippen LogP contribution >= 0.6 is 0 Å². The number of benzene rings is 2. The van der Waals surface area contributed by atoms with Crippen LogP contribution in [0.3, 0.4) is 0 Å². The Hall–Kier alpha value is -2.06. The molecule has 0 amide bonds. The molecule has 0 aromatic heterocycles. The van der Waals surface area contributed by atoms with E-state index in [1.54, 1.807) is 56.3 Å². The van der Waals surface area contributed by atoms with Gasteiger partial charge in [-0.1, -0.05) is 23.8 Å². The van der Waals surface area contributed by atoms with E-state index in [1.165, 1.54) is 4.31 Å². The van der Waals surface area contributed by atoms with Crippen LogP contribution in [0.15, 0.2) is 47.4 Å². The number of nitrogens with one attached hydrogen (secondary N) is 1. The van der Waals surface area contributed by atoms with E-state index in [0.29, 0.717) is 17.9 Å². The fraction of sp³-hybridized carbons (Fsp3) is 0.368. The maximum atomic E-state index is 13.2. The Bertz CT molecular complexity index is 1040. The number of fused-ring (bicyclic) bond motifs is 1. The third kappa shape index (κ3) is 3.96. The summed E-state index contributed by atoms with van der Waals surface area (Å²) in [6.07, 6.45) is 1.47. The molecule has 0 saturated carbocycles. The van der Waals surface area contributed by atoms with Crippen molar-refractivity contribution in [2.45, 2.75) is 43.8 Å². The van der Waals surface area contributed by atoms with Crippen molar-refractivity contribution in [2.24, 2.45) is 0 Å². The summed E-state index contributed by atoms with van der Waals surface area (Å²) in [6.45, 7) is 5.45. The van der Waals surface area contributed by atoms with Gasteiger partial charge in [-0.3, -0.25) is 9.03 Å². The number of nitrogens with zero attached hydrogens (tertiary/aromatic N) is 1. The number of aryl methyl sites for hydroxylation is 2. The normalized spacial score (nSPS) is 14.9. The summed E-state index contributed by atoms with van der Waals surface area (Å²) in [5.74, 6) is 0. The van der Waals surface area contributed by atoms with Crippen molar-refractivity contribution >= 4 is 31.4 Å². The fourth-order valence-electron chi connectivity index (χ4n) is 2.97. The second-order valence-electron chi connectivity index (χ2n) is 7.03. The predicted octanol–water partition coefficient (Wildman–Crippen LogP) is 3.29. The van der Waals surface area contributed by atoms with Crippen LogP contribution in [-0.2, 0) is 26.5 Å². The number of sulfonamides is 2. The fourth-order valence-corrected chi connectivity index (χ4v) is 5.20. The van der Waals surface area contributed by atoms with Crippen LogP contribution in [0.2, 0.25) is 0 Å². The molecular formula is C19H24N2O4S2. The van der Waals surface area contributed by atoms with Crippen molar-refractivity contribution < 1.29 is 16.8 Å². The van der Waals surface area contributed by atoms with Gasteiger partial charge in [0, 0.05) is 6.54 Å². The van der Waals surface area contributed by atoms with Crippen molar-refractivity contribution in [1.29, 1.82) is 0 Å². The Morgan fingerprint density at radius 2 is 1.67 bits per heavy atom. The van der Waals surface area contributed by atoms with E-state index in [2.05, 4.69) is 4.72 Å². The largest absolute Gasteiger partial charge is 0.283 e. The molecule has 0 fully saturated rings. The lowest BCUT2D eigenvalue weighted by Gasteiger charge is -2.31. The summed E-state index contributed by atoms with van der Waals surface area (Å²) < 4.78 is 54.5. The summed E-state index contributed by atoms with van der Waals surface area (Å²) >= 11 is 0. The highest BCUT2D eigenvalue weighted by Crippen LogP contribution is 2.34. The zero-order valence-electron chi connectivity index (χ0n) is 15.6. The van der Waals surface area contributed by atoms with Crippen LogP contribution in [0.5, 0.6) is 0 Å². The van der Waals surface area contributed by atoms with Crippen molar-refractivity contribution in [3.05, 3.63) is 53.6 Å². The molecule has 0 atom stereocenters. The molecule has 1 aliphatic rings. The van der Waals surface area contributed by atoms with Crippen LogP contribution < -0.4 is 9.03 Å². The third-order valence-corrected chi connectivity index (χ3v) is 8.24. The Balaban J connectivity index is 2.02. The van der Waals surface area contributed by atoms with Gasteiger partial charge in [-0.2, -0.15) is 0 Å². The quantitative estimate of drug-likeness (QED) is 0.823. The molecule has 1 N–H and O–H groups in total. The van der Waals surface area contributed by atoms with E-state index < -0.39 is 25.3 Å². The van der Waals surface area contributed by atoms with Crippen LogP contribution in [0.25, 0.3) is 0 Å². The van der Waals surface area contributed by atoms with E-state index in [9.17, 15) is 16.8 Å². The van der Waals surface area contributed by atoms with Crippen molar-refractivity contribution in [2.75, 3.05) is 15.6 Å². The molecule has 2 aromatic rings. The first-order valence-electron chi connectivity index (χ1n) is 8.85. The minimum atomic E-state index is -3.71. The first-order valence-corrected chi connectivity index (χ1v) is 11.8. The number of rotatable bonds is 5. The minimum absolute atomic E-state index is 0.231. The molecule has 27 heavy (non-hydrogen) atoms. The lowest BCUT2D eigenvalue weighted by Crippen LogP contribution is -2.35. The molecule has 0 bridgehead atoms. The molecule has 0 aliphatic carbocycles. The first-order chi connectivity index (χ1) is 12.6. The van der Waals surface area contributed by atoms with Gasteiger partial charge in [0.15, 0.2) is 0 Å². The van der Waals surface area contributed by atoms with Crippen LogP contribution in [-0.4, -0.2) is 28.6 Å². The lowest BCUT2D eigenvalue weighted by molar-refractivity contribution is 0.586. The van der Waals surface area contributed by atoms with Crippen molar-refractivity contribution in [1.82, 2.24) is 0 Å². The Labute approximate surface area is 161 Å². The van der Waals surface area contributed by atoms with Crippen LogP contribution in [0.4, 0.5) is 11.4 Å². The molecule has 1 heterocycles. The van der Waals surface area contributed by atoms with Crippen LogP contribution in [0.1, 0.15) is 31.4 Å². The molecule has 0 radical (unpaired) electrons. The zero-order valence-corrected chi connectivity index (χ0v) is 17.3. The molecule has 0 unspecified atom stereocenters. The van der Waals surface area contributed by atoms with E-state index in [0.717, 1.165) is 24.0 Å². The Kier molecular flexibility index (Phi) is 5.22. The SMILES string of the molecule is Cc1ccc(S(=O)(=O)N2CCCc3ccc(NS(=O)(=O)C(C)C)cc32)cc1. The van der Waals surface area contributed by atoms with Crippen molar-refractivity contribution in [3.63, 3.8) is 0 Å². The van der Waals surface area contributed by atoms with Gasteiger partial charge in [0.05, 0.1) is 21.5 Å². The van der Waals surface area contributed by atoms with Gasteiger partial charge in [-0.05, 0) is 63.4 Å². The highest BCUT2D eigenvalue weighted by molar-refractivity contribution is 7.93.